The molecule has 0 bridgehead atoms. The van der Waals surface area contributed by atoms with Gasteiger partial charge in [0.25, 0.3) is 0 Å². The standard InChI is InChI=1S/C18H20O3S/c1-13-7-14(2)9-16(8-13)12-22(19)11-15-3-4-17-18(10-15)21-6-5-20-17/h3-4,7-10H,5-6,11-12H2,1-2H3. The molecular formula is C18H20O3S. The number of benzene rings is 2. The molecule has 22 heavy (non-hydrogen) atoms. The molecule has 1 heterocycles. The highest BCUT2D eigenvalue weighted by Gasteiger charge is 2.13. The normalized spacial score (nSPS) is 14.6. The van der Waals surface area contributed by atoms with Crippen molar-refractivity contribution in [1.29, 1.82) is 0 Å². The summed E-state index contributed by atoms with van der Waals surface area (Å²) in [4.78, 5) is 0. The van der Waals surface area contributed by atoms with Crippen LogP contribution in [0.15, 0.2) is 36.4 Å². The summed E-state index contributed by atoms with van der Waals surface area (Å²) >= 11 is 0. The molecule has 3 nitrogen and oxygen atoms in total. The van der Waals surface area contributed by atoms with Crippen molar-refractivity contribution >= 4 is 10.8 Å². The van der Waals surface area contributed by atoms with Crippen molar-refractivity contribution in [2.24, 2.45) is 0 Å². The van der Waals surface area contributed by atoms with Gasteiger partial charge in [-0.2, -0.15) is 0 Å². The van der Waals surface area contributed by atoms with Crippen molar-refractivity contribution in [3.63, 3.8) is 0 Å². The lowest BCUT2D eigenvalue weighted by molar-refractivity contribution is 0.171. The van der Waals surface area contributed by atoms with E-state index in [9.17, 15) is 4.21 Å². The zero-order chi connectivity index (χ0) is 15.5. The van der Waals surface area contributed by atoms with Crippen molar-refractivity contribution in [3.8, 4) is 11.5 Å². The van der Waals surface area contributed by atoms with E-state index in [1.54, 1.807) is 0 Å². The molecule has 0 fully saturated rings. The van der Waals surface area contributed by atoms with Crippen LogP contribution < -0.4 is 9.47 Å². The molecule has 0 radical (unpaired) electrons. The fraction of sp³-hybridized carbons (Fsp3) is 0.333. The summed E-state index contributed by atoms with van der Waals surface area (Å²) in [5, 5.41) is 0. The van der Waals surface area contributed by atoms with Crippen LogP contribution in [0.4, 0.5) is 0 Å². The Morgan fingerprint density at radius 3 is 2.23 bits per heavy atom. The Bertz CT molecular complexity index is 689. The molecular weight excluding hydrogens is 296 g/mol. The summed E-state index contributed by atoms with van der Waals surface area (Å²) in [5.74, 6) is 2.64. The summed E-state index contributed by atoms with van der Waals surface area (Å²) in [6.07, 6.45) is 0. The molecule has 4 heteroatoms. The first-order valence-electron chi connectivity index (χ1n) is 7.41. The van der Waals surface area contributed by atoms with Gasteiger partial charge < -0.3 is 9.47 Å². The third kappa shape index (κ3) is 3.69. The Morgan fingerprint density at radius 1 is 0.864 bits per heavy atom. The van der Waals surface area contributed by atoms with Crippen molar-refractivity contribution in [2.75, 3.05) is 13.2 Å². The fourth-order valence-corrected chi connectivity index (χ4v) is 3.94. The largest absolute Gasteiger partial charge is 0.486 e. The van der Waals surface area contributed by atoms with E-state index in [1.165, 1.54) is 11.1 Å². The van der Waals surface area contributed by atoms with E-state index in [1.807, 2.05) is 18.2 Å². The lowest BCUT2D eigenvalue weighted by Crippen LogP contribution is -2.15. The van der Waals surface area contributed by atoms with Gasteiger partial charge in [-0.25, -0.2) is 0 Å². The number of aryl methyl sites for hydroxylation is 2. The molecule has 3 rings (SSSR count). The van der Waals surface area contributed by atoms with Crippen LogP contribution in [0.1, 0.15) is 22.3 Å². The molecule has 0 saturated carbocycles. The number of hydrogen-bond acceptors (Lipinski definition) is 3. The molecule has 2 aromatic carbocycles. The van der Waals surface area contributed by atoms with Gasteiger partial charge in [0.2, 0.25) is 0 Å². The lowest BCUT2D eigenvalue weighted by Gasteiger charge is -2.18. The average Bonchev–Trinajstić information content (AvgIpc) is 2.45. The highest BCUT2D eigenvalue weighted by Crippen LogP contribution is 2.31. The molecule has 0 aromatic heterocycles. The van der Waals surface area contributed by atoms with Gasteiger partial charge in [0.05, 0.1) is 0 Å². The van der Waals surface area contributed by atoms with Crippen LogP contribution in [-0.4, -0.2) is 17.4 Å². The van der Waals surface area contributed by atoms with Gasteiger partial charge in [-0.1, -0.05) is 35.4 Å². The summed E-state index contributed by atoms with van der Waals surface area (Å²) in [6.45, 7) is 5.30. The van der Waals surface area contributed by atoms with Crippen molar-refractivity contribution in [2.45, 2.75) is 25.4 Å². The summed E-state index contributed by atoms with van der Waals surface area (Å²) in [6, 6.07) is 12.1. The molecule has 1 unspecified atom stereocenters. The van der Waals surface area contributed by atoms with Gasteiger partial charge in [-0.15, -0.1) is 0 Å². The predicted molar refractivity (Wildman–Crippen MR) is 88.9 cm³/mol. The quantitative estimate of drug-likeness (QED) is 0.866. The molecule has 0 N–H and O–H groups in total. The first kappa shape index (κ1) is 15.1. The maximum atomic E-state index is 12.4. The summed E-state index contributed by atoms with van der Waals surface area (Å²) in [7, 11) is -0.936. The number of hydrogen-bond donors (Lipinski definition) is 0. The molecule has 2 aromatic rings. The van der Waals surface area contributed by atoms with Gasteiger partial charge in [-0.05, 0) is 37.1 Å². The molecule has 0 spiro atoms. The minimum atomic E-state index is -0.936. The Morgan fingerprint density at radius 2 is 1.50 bits per heavy atom. The van der Waals surface area contributed by atoms with Crippen LogP contribution in [-0.2, 0) is 22.3 Å². The van der Waals surface area contributed by atoms with Crippen LogP contribution in [0.2, 0.25) is 0 Å². The smallest absolute Gasteiger partial charge is 0.161 e. The lowest BCUT2D eigenvalue weighted by atomic mass is 10.1. The maximum Gasteiger partial charge on any atom is 0.161 e. The first-order valence-corrected chi connectivity index (χ1v) is 8.89. The van der Waals surface area contributed by atoms with E-state index in [-0.39, 0.29) is 0 Å². The van der Waals surface area contributed by atoms with Crippen molar-refractivity contribution in [3.05, 3.63) is 58.7 Å². The van der Waals surface area contributed by atoms with Gasteiger partial charge in [-0.3, -0.25) is 4.21 Å². The predicted octanol–water partition coefficient (Wildman–Crippen LogP) is 3.52. The zero-order valence-electron chi connectivity index (χ0n) is 12.9. The Hall–Kier alpha value is -1.81. The highest BCUT2D eigenvalue weighted by molar-refractivity contribution is 7.83. The van der Waals surface area contributed by atoms with E-state index in [0.717, 1.165) is 22.6 Å². The minimum absolute atomic E-state index is 0.531. The molecule has 0 amide bonds. The van der Waals surface area contributed by atoms with Crippen LogP contribution in [0.3, 0.4) is 0 Å². The first-order chi connectivity index (χ1) is 10.6. The Kier molecular flexibility index (Phi) is 4.48. The van der Waals surface area contributed by atoms with Gasteiger partial charge in [0.15, 0.2) is 11.5 Å². The van der Waals surface area contributed by atoms with Crippen LogP contribution in [0, 0.1) is 13.8 Å². The monoisotopic (exact) mass is 316 g/mol. The van der Waals surface area contributed by atoms with Crippen LogP contribution in [0.25, 0.3) is 0 Å². The van der Waals surface area contributed by atoms with E-state index in [0.29, 0.717) is 24.7 Å². The minimum Gasteiger partial charge on any atom is -0.486 e. The third-order valence-corrected chi connectivity index (χ3v) is 4.85. The summed E-state index contributed by atoms with van der Waals surface area (Å²) in [5.41, 5.74) is 4.58. The Balaban J connectivity index is 1.69. The number of rotatable bonds is 4. The second-order valence-electron chi connectivity index (χ2n) is 5.70. The molecule has 0 saturated heterocycles. The molecule has 1 aliphatic rings. The van der Waals surface area contributed by atoms with Crippen LogP contribution >= 0.6 is 0 Å². The SMILES string of the molecule is Cc1cc(C)cc(CS(=O)Cc2ccc3c(c2)OCCO3)c1. The molecule has 116 valence electrons. The van der Waals surface area contributed by atoms with E-state index >= 15 is 0 Å². The molecule has 1 aliphatic heterocycles. The Labute approximate surface area is 133 Å². The maximum absolute atomic E-state index is 12.4. The fourth-order valence-electron chi connectivity index (χ4n) is 2.75. The van der Waals surface area contributed by atoms with Gasteiger partial charge in [0, 0.05) is 22.3 Å². The number of ether oxygens (including phenoxy) is 2. The number of fused-ring (bicyclic) bond motifs is 1. The van der Waals surface area contributed by atoms with E-state index in [4.69, 9.17) is 9.47 Å². The van der Waals surface area contributed by atoms with Gasteiger partial charge in [0.1, 0.15) is 13.2 Å². The third-order valence-electron chi connectivity index (χ3n) is 3.54. The topological polar surface area (TPSA) is 35.5 Å². The highest BCUT2D eigenvalue weighted by atomic mass is 32.2. The van der Waals surface area contributed by atoms with E-state index in [2.05, 4.69) is 32.0 Å². The molecule has 1 atom stereocenters. The van der Waals surface area contributed by atoms with Crippen molar-refractivity contribution < 1.29 is 13.7 Å². The van der Waals surface area contributed by atoms with Crippen LogP contribution in [0.5, 0.6) is 11.5 Å². The summed E-state index contributed by atoms with van der Waals surface area (Å²) < 4.78 is 23.5. The zero-order valence-corrected chi connectivity index (χ0v) is 13.7. The average molecular weight is 316 g/mol. The van der Waals surface area contributed by atoms with Crippen molar-refractivity contribution in [1.82, 2.24) is 0 Å². The second-order valence-corrected chi connectivity index (χ2v) is 7.16. The van der Waals surface area contributed by atoms with Gasteiger partial charge >= 0.3 is 0 Å². The second kappa shape index (κ2) is 6.53. The molecule has 0 aliphatic carbocycles. The van der Waals surface area contributed by atoms with E-state index < -0.39 is 10.8 Å².